The van der Waals surface area contributed by atoms with Gasteiger partial charge in [-0.25, -0.2) is 0 Å². The number of hydrogen-bond donors (Lipinski definition) is 1. The fraction of sp³-hybridized carbons (Fsp3) is 0.650. The van der Waals surface area contributed by atoms with Crippen LogP contribution in [0, 0.1) is 5.92 Å². The summed E-state index contributed by atoms with van der Waals surface area (Å²) in [6.45, 7) is 4.79. The molecule has 1 aromatic rings. The van der Waals surface area contributed by atoms with Gasteiger partial charge in [-0.3, -0.25) is 4.79 Å². The van der Waals surface area contributed by atoms with Crippen molar-refractivity contribution in [3.8, 4) is 5.75 Å². The summed E-state index contributed by atoms with van der Waals surface area (Å²) in [5.74, 6) is 0.807. The normalized spacial score (nSPS) is 26.2. The van der Waals surface area contributed by atoms with E-state index < -0.39 is 5.60 Å². The number of rotatable bonds is 6. The SMILES string of the molecule is CCOCCOc1ccccc1C(=O)N1CC[C@@]2(O)CCCC[C@H]2C1. The van der Waals surface area contributed by atoms with E-state index in [-0.39, 0.29) is 11.8 Å². The molecule has 0 bridgehead atoms. The lowest BCUT2D eigenvalue weighted by Gasteiger charge is -2.47. The van der Waals surface area contributed by atoms with E-state index in [0.717, 1.165) is 25.7 Å². The number of ether oxygens (including phenoxy) is 2. The first kappa shape index (κ1) is 18.2. The Balaban J connectivity index is 1.67. The topological polar surface area (TPSA) is 59.0 Å². The summed E-state index contributed by atoms with van der Waals surface area (Å²) in [4.78, 5) is 14.9. The molecule has 1 N–H and O–H groups in total. The van der Waals surface area contributed by atoms with Gasteiger partial charge in [-0.2, -0.15) is 0 Å². The van der Waals surface area contributed by atoms with Gasteiger partial charge in [0.1, 0.15) is 12.4 Å². The molecule has 5 heteroatoms. The minimum Gasteiger partial charge on any atom is -0.490 e. The summed E-state index contributed by atoms with van der Waals surface area (Å²) in [5.41, 5.74) is 0.0305. The van der Waals surface area contributed by atoms with Gasteiger partial charge in [-0.15, -0.1) is 0 Å². The molecule has 2 atom stereocenters. The van der Waals surface area contributed by atoms with Crippen molar-refractivity contribution < 1.29 is 19.4 Å². The highest BCUT2D eigenvalue weighted by Crippen LogP contribution is 2.40. The Morgan fingerprint density at radius 1 is 1.28 bits per heavy atom. The summed E-state index contributed by atoms with van der Waals surface area (Å²) in [6.07, 6.45) is 4.80. The van der Waals surface area contributed by atoms with E-state index in [1.54, 1.807) is 0 Å². The Kier molecular flexibility index (Phi) is 5.97. The van der Waals surface area contributed by atoms with E-state index in [9.17, 15) is 9.90 Å². The highest BCUT2D eigenvalue weighted by atomic mass is 16.5. The maximum Gasteiger partial charge on any atom is 0.257 e. The number of carbonyl (C=O) groups excluding carboxylic acids is 1. The number of nitrogens with zero attached hydrogens (tertiary/aromatic N) is 1. The van der Waals surface area contributed by atoms with Gasteiger partial charge in [0.05, 0.1) is 17.8 Å². The fourth-order valence-corrected chi connectivity index (χ4v) is 4.05. The van der Waals surface area contributed by atoms with E-state index in [0.29, 0.717) is 50.6 Å². The number of amides is 1. The molecule has 1 aromatic carbocycles. The van der Waals surface area contributed by atoms with Gasteiger partial charge in [0.25, 0.3) is 5.91 Å². The summed E-state index contributed by atoms with van der Waals surface area (Å²) in [7, 11) is 0. The van der Waals surface area contributed by atoms with E-state index in [1.165, 1.54) is 0 Å². The fourth-order valence-electron chi connectivity index (χ4n) is 4.05. The van der Waals surface area contributed by atoms with Crippen LogP contribution in [0.5, 0.6) is 5.75 Å². The Labute approximate surface area is 149 Å². The van der Waals surface area contributed by atoms with Crippen LogP contribution in [-0.4, -0.2) is 54.4 Å². The number of piperidine rings is 1. The van der Waals surface area contributed by atoms with Crippen LogP contribution in [0.4, 0.5) is 0 Å². The van der Waals surface area contributed by atoms with Gasteiger partial charge in [0.15, 0.2) is 0 Å². The van der Waals surface area contributed by atoms with E-state index in [1.807, 2.05) is 36.1 Å². The molecule has 1 saturated carbocycles. The zero-order valence-electron chi connectivity index (χ0n) is 15.1. The van der Waals surface area contributed by atoms with Crippen LogP contribution in [0.3, 0.4) is 0 Å². The number of carbonyl (C=O) groups is 1. The van der Waals surface area contributed by atoms with Gasteiger partial charge < -0.3 is 19.5 Å². The van der Waals surface area contributed by atoms with Gasteiger partial charge in [-0.1, -0.05) is 25.0 Å². The molecule has 2 aliphatic rings. The number of aliphatic hydroxyl groups is 1. The first-order valence-electron chi connectivity index (χ1n) is 9.45. The largest absolute Gasteiger partial charge is 0.490 e. The molecule has 1 saturated heterocycles. The van der Waals surface area contributed by atoms with Crippen molar-refractivity contribution >= 4 is 5.91 Å². The second-order valence-electron chi connectivity index (χ2n) is 7.09. The van der Waals surface area contributed by atoms with E-state index in [2.05, 4.69) is 0 Å². The lowest BCUT2D eigenvalue weighted by atomic mass is 9.71. The minimum absolute atomic E-state index is 0.000339. The number of benzene rings is 1. The molecular weight excluding hydrogens is 318 g/mol. The van der Waals surface area contributed by atoms with Crippen molar-refractivity contribution in [1.29, 1.82) is 0 Å². The van der Waals surface area contributed by atoms with Gasteiger partial charge in [0.2, 0.25) is 0 Å². The molecule has 0 spiro atoms. The molecule has 138 valence electrons. The molecule has 2 fully saturated rings. The van der Waals surface area contributed by atoms with Gasteiger partial charge in [-0.05, 0) is 38.3 Å². The number of para-hydroxylation sites is 1. The Bertz CT molecular complexity index is 591. The molecule has 1 aliphatic heterocycles. The van der Waals surface area contributed by atoms with Crippen LogP contribution in [0.1, 0.15) is 49.4 Å². The third-order valence-corrected chi connectivity index (χ3v) is 5.52. The summed E-state index contributed by atoms with van der Waals surface area (Å²) >= 11 is 0. The molecule has 0 unspecified atom stereocenters. The zero-order valence-corrected chi connectivity index (χ0v) is 15.1. The van der Waals surface area contributed by atoms with Gasteiger partial charge >= 0.3 is 0 Å². The lowest BCUT2D eigenvalue weighted by Crippen LogP contribution is -2.54. The van der Waals surface area contributed by atoms with Crippen molar-refractivity contribution in [3.05, 3.63) is 29.8 Å². The Hall–Kier alpha value is -1.59. The van der Waals surface area contributed by atoms with Crippen LogP contribution in [0.2, 0.25) is 0 Å². The number of hydrogen-bond acceptors (Lipinski definition) is 4. The first-order valence-corrected chi connectivity index (χ1v) is 9.45. The molecule has 0 radical (unpaired) electrons. The molecular formula is C20H29NO4. The quantitative estimate of drug-likeness (QED) is 0.804. The van der Waals surface area contributed by atoms with Crippen LogP contribution >= 0.6 is 0 Å². The monoisotopic (exact) mass is 347 g/mol. The number of fused-ring (bicyclic) bond motifs is 1. The standard InChI is InChI=1S/C20H29NO4/c1-2-24-13-14-25-18-9-4-3-8-17(18)19(22)21-12-11-20(23)10-6-5-7-16(20)15-21/h3-4,8-9,16,23H,2,5-7,10-15H2,1H3/t16-,20-/m0/s1. The molecule has 1 aliphatic carbocycles. The Morgan fingerprint density at radius 3 is 2.96 bits per heavy atom. The van der Waals surface area contributed by atoms with Crippen molar-refractivity contribution in [2.45, 2.75) is 44.6 Å². The Morgan fingerprint density at radius 2 is 2.12 bits per heavy atom. The maximum absolute atomic E-state index is 13.0. The summed E-state index contributed by atoms with van der Waals surface area (Å²) in [6, 6.07) is 7.40. The molecule has 5 nitrogen and oxygen atoms in total. The third-order valence-electron chi connectivity index (χ3n) is 5.52. The second-order valence-corrected chi connectivity index (χ2v) is 7.09. The van der Waals surface area contributed by atoms with Gasteiger partial charge in [0, 0.05) is 25.6 Å². The van der Waals surface area contributed by atoms with Crippen LogP contribution < -0.4 is 4.74 Å². The van der Waals surface area contributed by atoms with E-state index in [4.69, 9.17) is 9.47 Å². The molecule has 3 rings (SSSR count). The summed E-state index contributed by atoms with van der Waals surface area (Å²) in [5, 5.41) is 10.8. The first-order chi connectivity index (χ1) is 12.1. The predicted molar refractivity (Wildman–Crippen MR) is 95.9 cm³/mol. The highest BCUT2D eigenvalue weighted by Gasteiger charge is 2.44. The minimum atomic E-state index is -0.567. The third kappa shape index (κ3) is 4.15. The average Bonchev–Trinajstić information content (AvgIpc) is 2.64. The summed E-state index contributed by atoms with van der Waals surface area (Å²) < 4.78 is 11.0. The van der Waals surface area contributed by atoms with Crippen LogP contribution in [-0.2, 0) is 4.74 Å². The zero-order chi connectivity index (χ0) is 17.7. The van der Waals surface area contributed by atoms with Crippen molar-refractivity contribution in [1.82, 2.24) is 4.90 Å². The maximum atomic E-state index is 13.0. The second kappa shape index (κ2) is 8.19. The van der Waals surface area contributed by atoms with Crippen LogP contribution in [0.15, 0.2) is 24.3 Å². The smallest absolute Gasteiger partial charge is 0.257 e. The van der Waals surface area contributed by atoms with Crippen molar-refractivity contribution in [2.24, 2.45) is 5.92 Å². The van der Waals surface area contributed by atoms with Crippen LogP contribution in [0.25, 0.3) is 0 Å². The highest BCUT2D eigenvalue weighted by molar-refractivity contribution is 5.97. The molecule has 1 amide bonds. The predicted octanol–water partition coefficient (Wildman–Crippen LogP) is 2.87. The van der Waals surface area contributed by atoms with E-state index >= 15 is 0 Å². The van der Waals surface area contributed by atoms with Crippen molar-refractivity contribution in [3.63, 3.8) is 0 Å². The molecule has 25 heavy (non-hydrogen) atoms. The lowest BCUT2D eigenvalue weighted by molar-refractivity contribution is -0.0886. The van der Waals surface area contributed by atoms with Crippen molar-refractivity contribution in [2.75, 3.05) is 32.9 Å². The average molecular weight is 347 g/mol. The number of likely N-dealkylation sites (tertiary alicyclic amines) is 1. The molecule has 0 aromatic heterocycles. The molecule has 1 heterocycles.